The molecule has 0 saturated carbocycles. The molecule has 1 aliphatic heterocycles. The fourth-order valence-electron chi connectivity index (χ4n) is 4.05. The fourth-order valence-corrected chi connectivity index (χ4v) is 4.05. The lowest BCUT2D eigenvalue weighted by Gasteiger charge is -2.31. The van der Waals surface area contributed by atoms with E-state index in [-0.39, 0.29) is 17.7 Å². The number of aliphatic carboxylic acids is 1. The standard InChI is InChI=1S/C23H43N5O5/c1-5-15(4)19(23(32)33)27-21(30)18-10-8-12-28(18)22(31)17(13-14(2)3)26-20(29)16(25)9-6-7-11-24/h14-19H,5-13,24-25H2,1-4H3,(H,26,29)(H,27,30)(H,32,33). The first-order valence-electron chi connectivity index (χ1n) is 12.1. The van der Waals surface area contributed by atoms with Crippen LogP contribution in [0.4, 0.5) is 0 Å². The Morgan fingerprint density at radius 1 is 1.12 bits per heavy atom. The molecule has 0 aliphatic carbocycles. The van der Waals surface area contributed by atoms with Crippen molar-refractivity contribution < 1.29 is 24.3 Å². The van der Waals surface area contributed by atoms with Gasteiger partial charge in [-0.25, -0.2) is 4.79 Å². The molecule has 1 heterocycles. The van der Waals surface area contributed by atoms with Crippen LogP contribution in [0.1, 0.15) is 72.6 Å². The third kappa shape index (κ3) is 8.92. The second kappa shape index (κ2) is 14.1. The Hall–Kier alpha value is -2.20. The molecule has 1 fully saturated rings. The summed E-state index contributed by atoms with van der Waals surface area (Å²) in [5, 5.41) is 14.9. The predicted octanol–water partition coefficient (Wildman–Crippen LogP) is 0.580. The van der Waals surface area contributed by atoms with E-state index in [1.807, 2.05) is 20.8 Å². The van der Waals surface area contributed by atoms with E-state index in [1.165, 1.54) is 4.90 Å². The normalized spacial score (nSPS) is 19.6. The summed E-state index contributed by atoms with van der Waals surface area (Å²) in [6.07, 6.45) is 4.06. The van der Waals surface area contributed by atoms with Gasteiger partial charge in [-0.2, -0.15) is 0 Å². The Balaban J connectivity index is 2.92. The number of carbonyl (C=O) groups excluding carboxylic acids is 3. The highest BCUT2D eigenvalue weighted by Crippen LogP contribution is 2.21. The molecule has 10 nitrogen and oxygen atoms in total. The van der Waals surface area contributed by atoms with Crippen LogP contribution in [0.15, 0.2) is 0 Å². The van der Waals surface area contributed by atoms with Gasteiger partial charge in [-0.3, -0.25) is 14.4 Å². The number of nitrogens with two attached hydrogens (primary N) is 2. The number of hydrogen-bond donors (Lipinski definition) is 5. The number of likely N-dealkylation sites (tertiary alicyclic amines) is 1. The highest BCUT2D eigenvalue weighted by atomic mass is 16.4. The van der Waals surface area contributed by atoms with Crippen LogP contribution in [0.2, 0.25) is 0 Å². The number of carboxylic acids is 1. The molecule has 10 heteroatoms. The number of unbranched alkanes of at least 4 members (excludes halogenated alkanes) is 1. The molecule has 0 spiro atoms. The zero-order valence-electron chi connectivity index (χ0n) is 20.5. The van der Waals surface area contributed by atoms with Crippen molar-refractivity contribution in [3.8, 4) is 0 Å². The molecule has 190 valence electrons. The first-order chi connectivity index (χ1) is 15.5. The van der Waals surface area contributed by atoms with Gasteiger partial charge >= 0.3 is 5.97 Å². The van der Waals surface area contributed by atoms with Gasteiger partial charge in [0, 0.05) is 6.54 Å². The molecule has 3 amide bonds. The monoisotopic (exact) mass is 469 g/mol. The van der Waals surface area contributed by atoms with Crippen LogP contribution >= 0.6 is 0 Å². The zero-order valence-corrected chi connectivity index (χ0v) is 20.5. The van der Waals surface area contributed by atoms with Gasteiger partial charge < -0.3 is 32.1 Å². The van der Waals surface area contributed by atoms with Crippen LogP contribution in [0.5, 0.6) is 0 Å². The van der Waals surface area contributed by atoms with Gasteiger partial charge in [0.1, 0.15) is 18.1 Å². The number of carboxylic acid groups (broad SMARTS) is 1. The summed E-state index contributed by atoms with van der Waals surface area (Å²) < 4.78 is 0. The smallest absolute Gasteiger partial charge is 0.326 e. The summed E-state index contributed by atoms with van der Waals surface area (Å²) in [7, 11) is 0. The molecular weight excluding hydrogens is 426 g/mol. The van der Waals surface area contributed by atoms with Crippen LogP contribution in [-0.2, 0) is 19.2 Å². The summed E-state index contributed by atoms with van der Waals surface area (Å²) in [5.41, 5.74) is 11.5. The van der Waals surface area contributed by atoms with Crippen molar-refractivity contribution in [1.82, 2.24) is 15.5 Å². The fraction of sp³-hybridized carbons (Fsp3) is 0.826. The van der Waals surface area contributed by atoms with Crippen LogP contribution in [0.25, 0.3) is 0 Å². The maximum Gasteiger partial charge on any atom is 0.326 e. The molecular formula is C23H43N5O5. The topological polar surface area (TPSA) is 168 Å². The number of rotatable bonds is 14. The second-order valence-corrected chi connectivity index (χ2v) is 9.48. The molecule has 0 aromatic heterocycles. The molecule has 33 heavy (non-hydrogen) atoms. The summed E-state index contributed by atoms with van der Waals surface area (Å²) in [4.78, 5) is 52.0. The zero-order chi connectivity index (χ0) is 25.1. The first kappa shape index (κ1) is 28.8. The molecule has 1 saturated heterocycles. The number of amides is 3. The van der Waals surface area contributed by atoms with E-state index in [4.69, 9.17) is 11.5 Å². The average molecular weight is 470 g/mol. The van der Waals surface area contributed by atoms with Gasteiger partial charge in [0.05, 0.1) is 6.04 Å². The third-order valence-corrected chi connectivity index (χ3v) is 6.24. The number of nitrogens with one attached hydrogen (secondary N) is 2. The average Bonchev–Trinajstić information content (AvgIpc) is 3.25. The van der Waals surface area contributed by atoms with Crippen molar-refractivity contribution in [3.05, 3.63) is 0 Å². The van der Waals surface area contributed by atoms with E-state index in [9.17, 15) is 24.3 Å². The van der Waals surface area contributed by atoms with Crippen molar-refractivity contribution in [2.24, 2.45) is 23.3 Å². The van der Waals surface area contributed by atoms with Crippen LogP contribution in [-0.4, -0.2) is 71.0 Å². The van der Waals surface area contributed by atoms with Crippen LogP contribution in [0, 0.1) is 11.8 Å². The summed E-state index contributed by atoms with van der Waals surface area (Å²) >= 11 is 0. The molecule has 1 rings (SSSR count). The predicted molar refractivity (Wildman–Crippen MR) is 126 cm³/mol. The summed E-state index contributed by atoms with van der Waals surface area (Å²) in [5.74, 6) is -2.41. The lowest BCUT2D eigenvalue weighted by Crippen LogP contribution is -2.57. The van der Waals surface area contributed by atoms with Gasteiger partial charge in [-0.05, 0) is 50.5 Å². The van der Waals surface area contributed by atoms with Gasteiger partial charge in [0.2, 0.25) is 17.7 Å². The Bertz CT molecular complexity index is 672. The SMILES string of the molecule is CCC(C)C(NC(=O)C1CCCN1C(=O)C(CC(C)C)NC(=O)C(N)CCCCN)C(=O)O. The van der Waals surface area contributed by atoms with Crippen molar-refractivity contribution in [2.45, 2.75) is 96.8 Å². The highest BCUT2D eigenvalue weighted by Gasteiger charge is 2.39. The molecule has 0 radical (unpaired) electrons. The first-order valence-corrected chi connectivity index (χ1v) is 12.1. The van der Waals surface area contributed by atoms with Crippen molar-refractivity contribution in [3.63, 3.8) is 0 Å². The van der Waals surface area contributed by atoms with Crippen molar-refractivity contribution >= 4 is 23.7 Å². The highest BCUT2D eigenvalue weighted by molar-refractivity contribution is 5.94. The Labute approximate surface area is 197 Å². The Kier molecular flexibility index (Phi) is 12.4. The largest absolute Gasteiger partial charge is 0.480 e. The van der Waals surface area contributed by atoms with E-state index >= 15 is 0 Å². The summed E-state index contributed by atoms with van der Waals surface area (Å²) in [6.45, 7) is 8.43. The van der Waals surface area contributed by atoms with Crippen LogP contribution in [0.3, 0.4) is 0 Å². The number of nitrogens with zero attached hydrogens (tertiary/aromatic N) is 1. The quantitative estimate of drug-likeness (QED) is 0.232. The molecule has 0 bridgehead atoms. The van der Waals surface area contributed by atoms with Gasteiger partial charge in [-0.15, -0.1) is 0 Å². The minimum absolute atomic E-state index is 0.129. The molecule has 5 atom stereocenters. The number of carbonyl (C=O) groups is 4. The number of hydrogen-bond acceptors (Lipinski definition) is 6. The minimum atomic E-state index is -1.10. The van der Waals surface area contributed by atoms with E-state index in [0.29, 0.717) is 45.2 Å². The minimum Gasteiger partial charge on any atom is -0.480 e. The maximum absolute atomic E-state index is 13.4. The third-order valence-electron chi connectivity index (χ3n) is 6.24. The molecule has 0 aromatic rings. The lowest BCUT2D eigenvalue weighted by atomic mass is 9.98. The van der Waals surface area contributed by atoms with E-state index in [2.05, 4.69) is 10.6 Å². The van der Waals surface area contributed by atoms with Gasteiger partial charge in [0.15, 0.2) is 0 Å². The van der Waals surface area contributed by atoms with Crippen LogP contribution < -0.4 is 22.1 Å². The van der Waals surface area contributed by atoms with E-state index in [1.54, 1.807) is 6.92 Å². The molecule has 7 N–H and O–H groups in total. The molecule has 5 unspecified atom stereocenters. The summed E-state index contributed by atoms with van der Waals surface area (Å²) in [6, 6.07) is -3.30. The molecule has 1 aliphatic rings. The molecule has 0 aromatic carbocycles. The van der Waals surface area contributed by atoms with Crippen molar-refractivity contribution in [2.75, 3.05) is 13.1 Å². The Morgan fingerprint density at radius 2 is 1.79 bits per heavy atom. The Morgan fingerprint density at radius 3 is 2.33 bits per heavy atom. The van der Waals surface area contributed by atoms with Crippen molar-refractivity contribution in [1.29, 1.82) is 0 Å². The van der Waals surface area contributed by atoms with Gasteiger partial charge in [-0.1, -0.05) is 40.5 Å². The maximum atomic E-state index is 13.4. The van der Waals surface area contributed by atoms with Gasteiger partial charge in [0.25, 0.3) is 0 Å². The second-order valence-electron chi connectivity index (χ2n) is 9.48. The van der Waals surface area contributed by atoms with E-state index in [0.717, 1.165) is 12.8 Å². The van der Waals surface area contributed by atoms with E-state index < -0.39 is 42.0 Å². The lowest BCUT2D eigenvalue weighted by molar-refractivity contribution is -0.146.